The molecule has 0 aromatic carbocycles. The number of amides is 2. The van der Waals surface area contributed by atoms with E-state index >= 15 is 0 Å². The quantitative estimate of drug-likeness (QED) is 0.621. The zero-order chi connectivity index (χ0) is 9.84. The summed E-state index contributed by atoms with van der Waals surface area (Å²) in [5.41, 5.74) is 5.10. The Hall–Kier alpha value is -1.26. The van der Waals surface area contributed by atoms with Gasteiger partial charge in [-0.3, -0.25) is 0 Å². The number of ether oxygens (including phenoxy) is 1. The molecule has 1 aliphatic heterocycles. The Labute approximate surface area is 76.8 Å². The van der Waals surface area contributed by atoms with Gasteiger partial charge in [0.05, 0.1) is 6.61 Å². The van der Waals surface area contributed by atoms with Gasteiger partial charge in [0.15, 0.2) is 0 Å². The van der Waals surface area contributed by atoms with Crippen LogP contribution in [0.3, 0.4) is 0 Å². The summed E-state index contributed by atoms with van der Waals surface area (Å²) in [6.07, 6.45) is 1.47. The largest absolute Gasteiger partial charge is 0.464 e. The third kappa shape index (κ3) is 2.11. The Balaban J connectivity index is 2.57. The summed E-state index contributed by atoms with van der Waals surface area (Å²) in [5.74, 6) is -0.348. The van der Waals surface area contributed by atoms with Crippen molar-refractivity contribution in [3.05, 3.63) is 0 Å². The highest BCUT2D eigenvalue weighted by molar-refractivity contribution is 5.83. The molecular weight excluding hydrogens is 172 g/mol. The molecule has 0 spiro atoms. The van der Waals surface area contributed by atoms with Crippen molar-refractivity contribution in [2.75, 3.05) is 13.2 Å². The van der Waals surface area contributed by atoms with E-state index in [9.17, 15) is 9.59 Å². The number of hydrogen-bond acceptors (Lipinski definition) is 3. The maximum absolute atomic E-state index is 11.3. The van der Waals surface area contributed by atoms with E-state index in [-0.39, 0.29) is 5.97 Å². The molecule has 2 amide bonds. The molecule has 1 aliphatic rings. The predicted molar refractivity (Wildman–Crippen MR) is 45.9 cm³/mol. The second-order valence-corrected chi connectivity index (χ2v) is 2.94. The number of carbonyl (C=O) groups is 2. The second kappa shape index (κ2) is 4.11. The zero-order valence-corrected chi connectivity index (χ0v) is 7.66. The predicted octanol–water partition coefficient (Wildman–Crippen LogP) is 0.0926. The van der Waals surface area contributed by atoms with E-state index < -0.39 is 12.1 Å². The Morgan fingerprint density at radius 2 is 2.31 bits per heavy atom. The van der Waals surface area contributed by atoms with Gasteiger partial charge in [0, 0.05) is 6.54 Å². The molecule has 1 heterocycles. The maximum atomic E-state index is 11.3. The van der Waals surface area contributed by atoms with Crippen molar-refractivity contribution in [1.29, 1.82) is 0 Å². The molecule has 1 unspecified atom stereocenters. The first-order valence-corrected chi connectivity index (χ1v) is 4.39. The van der Waals surface area contributed by atoms with Crippen LogP contribution in [0.15, 0.2) is 0 Å². The first-order chi connectivity index (χ1) is 6.16. The van der Waals surface area contributed by atoms with Gasteiger partial charge in [-0.15, -0.1) is 0 Å². The van der Waals surface area contributed by atoms with Crippen LogP contribution in [0, 0.1) is 0 Å². The number of hydrogen-bond donors (Lipinski definition) is 1. The number of likely N-dealkylation sites (tertiary alicyclic amines) is 1. The normalized spacial score (nSPS) is 21.6. The van der Waals surface area contributed by atoms with Gasteiger partial charge in [0.25, 0.3) is 0 Å². The molecule has 0 aromatic heterocycles. The summed E-state index contributed by atoms with van der Waals surface area (Å²) >= 11 is 0. The minimum Gasteiger partial charge on any atom is -0.464 e. The van der Waals surface area contributed by atoms with Crippen LogP contribution in [0.5, 0.6) is 0 Å². The standard InChI is InChI=1S/C8H14N2O3/c1-2-13-7(11)6-4-3-5-10(6)8(9)12/h6H,2-5H2,1H3,(H2,9,12). The Bertz CT molecular complexity index is 217. The van der Waals surface area contributed by atoms with E-state index in [1.807, 2.05) is 0 Å². The lowest BCUT2D eigenvalue weighted by Crippen LogP contribution is -2.44. The van der Waals surface area contributed by atoms with Crippen molar-refractivity contribution in [1.82, 2.24) is 4.90 Å². The molecule has 1 fully saturated rings. The van der Waals surface area contributed by atoms with Crippen molar-refractivity contribution in [2.45, 2.75) is 25.8 Å². The summed E-state index contributed by atoms with van der Waals surface area (Å²) in [4.78, 5) is 23.5. The number of rotatable bonds is 2. The Morgan fingerprint density at radius 1 is 1.62 bits per heavy atom. The fourth-order valence-electron chi connectivity index (χ4n) is 1.51. The van der Waals surface area contributed by atoms with Crippen LogP contribution in [0.4, 0.5) is 4.79 Å². The van der Waals surface area contributed by atoms with Gasteiger partial charge in [-0.2, -0.15) is 0 Å². The highest BCUT2D eigenvalue weighted by Crippen LogP contribution is 2.17. The number of urea groups is 1. The van der Waals surface area contributed by atoms with Crippen LogP contribution in [0.25, 0.3) is 0 Å². The molecule has 74 valence electrons. The Morgan fingerprint density at radius 3 is 2.85 bits per heavy atom. The smallest absolute Gasteiger partial charge is 0.328 e. The summed E-state index contributed by atoms with van der Waals surface area (Å²) in [6, 6.07) is -1.01. The summed E-state index contributed by atoms with van der Waals surface area (Å²) in [7, 11) is 0. The van der Waals surface area contributed by atoms with Crippen LogP contribution < -0.4 is 5.73 Å². The lowest BCUT2D eigenvalue weighted by atomic mass is 10.2. The fraction of sp³-hybridized carbons (Fsp3) is 0.750. The molecular formula is C8H14N2O3. The monoisotopic (exact) mass is 186 g/mol. The maximum Gasteiger partial charge on any atom is 0.328 e. The molecule has 0 bridgehead atoms. The molecule has 1 rings (SSSR count). The summed E-state index contributed by atoms with van der Waals surface area (Å²) in [5, 5.41) is 0. The number of nitrogens with two attached hydrogens (primary N) is 1. The van der Waals surface area contributed by atoms with Gasteiger partial charge in [-0.25, -0.2) is 9.59 Å². The topological polar surface area (TPSA) is 72.6 Å². The highest BCUT2D eigenvalue weighted by atomic mass is 16.5. The van der Waals surface area contributed by atoms with Crippen molar-refractivity contribution in [3.63, 3.8) is 0 Å². The van der Waals surface area contributed by atoms with Crippen molar-refractivity contribution < 1.29 is 14.3 Å². The van der Waals surface area contributed by atoms with Crippen LogP contribution in [0.2, 0.25) is 0 Å². The van der Waals surface area contributed by atoms with Gasteiger partial charge in [-0.1, -0.05) is 0 Å². The van der Waals surface area contributed by atoms with E-state index in [1.54, 1.807) is 6.92 Å². The first kappa shape index (κ1) is 9.83. The average Bonchev–Trinajstić information content (AvgIpc) is 2.52. The SMILES string of the molecule is CCOC(=O)C1CCCN1C(N)=O. The highest BCUT2D eigenvalue weighted by Gasteiger charge is 2.33. The van der Waals surface area contributed by atoms with Gasteiger partial charge in [0.1, 0.15) is 6.04 Å². The van der Waals surface area contributed by atoms with Crippen LogP contribution in [-0.4, -0.2) is 36.1 Å². The molecule has 0 saturated carbocycles. The van der Waals surface area contributed by atoms with E-state index in [1.165, 1.54) is 4.90 Å². The minimum absolute atomic E-state index is 0.335. The lowest BCUT2D eigenvalue weighted by Gasteiger charge is -2.20. The van der Waals surface area contributed by atoms with Crippen molar-refractivity contribution in [2.24, 2.45) is 5.73 Å². The molecule has 1 saturated heterocycles. The molecule has 0 aromatic rings. The number of esters is 1. The molecule has 0 aliphatic carbocycles. The second-order valence-electron chi connectivity index (χ2n) is 2.94. The third-order valence-electron chi connectivity index (χ3n) is 2.09. The Kier molecular flexibility index (Phi) is 3.11. The fourth-order valence-corrected chi connectivity index (χ4v) is 1.51. The number of carbonyl (C=O) groups excluding carboxylic acids is 2. The number of primary amides is 1. The third-order valence-corrected chi connectivity index (χ3v) is 2.09. The molecule has 13 heavy (non-hydrogen) atoms. The van der Waals surface area contributed by atoms with Crippen molar-refractivity contribution >= 4 is 12.0 Å². The van der Waals surface area contributed by atoms with Crippen LogP contribution in [0.1, 0.15) is 19.8 Å². The van der Waals surface area contributed by atoms with Crippen molar-refractivity contribution in [3.8, 4) is 0 Å². The first-order valence-electron chi connectivity index (χ1n) is 4.39. The molecule has 5 nitrogen and oxygen atoms in total. The van der Waals surface area contributed by atoms with Gasteiger partial charge < -0.3 is 15.4 Å². The van der Waals surface area contributed by atoms with Gasteiger partial charge in [-0.05, 0) is 19.8 Å². The summed E-state index contributed by atoms with van der Waals surface area (Å²) < 4.78 is 4.82. The summed E-state index contributed by atoms with van der Waals surface area (Å²) in [6.45, 7) is 2.63. The van der Waals surface area contributed by atoms with E-state index in [0.717, 1.165) is 6.42 Å². The molecule has 0 radical (unpaired) electrons. The average molecular weight is 186 g/mol. The van der Waals surface area contributed by atoms with E-state index in [2.05, 4.69) is 0 Å². The molecule has 1 atom stereocenters. The molecule has 5 heteroatoms. The van der Waals surface area contributed by atoms with Crippen LogP contribution in [-0.2, 0) is 9.53 Å². The molecule has 2 N–H and O–H groups in total. The van der Waals surface area contributed by atoms with Crippen LogP contribution >= 0.6 is 0 Å². The van der Waals surface area contributed by atoms with Gasteiger partial charge in [0.2, 0.25) is 0 Å². The lowest BCUT2D eigenvalue weighted by molar-refractivity contribution is -0.147. The zero-order valence-electron chi connectivity index (χ0n) is 7.66. The van der Waals surface area contributed by atoms with E-state index in [0.29, 0.717) is 19.6 Å². The van der Waals surface area contributed by atoms with E-state index in [4.69, 9.17) is 10.5 Å². The minimum atomic E-state index is -0.546. The number of nitrogens with zero attached hydrogens (tertiary/aromatic N) is 1. The van der Waals surface area contributed by atoms with Gasteiger partial charge >= 0.3 is 12.0 Å².